The van der Waals surface area contributed by atoms with Gasteiger partial charge < -0.3 is 0 Å². The van der Waals surface area contributed by atoms with Crippen molar-refractivity contribution in [2.24, 2.45) is 16.7 Å². The average Bonchev–Trinajstić information content (AvgIpc) is 0.806. The molecule has 0 radical (unpaired) electrons. The summed E-state index contributed by atoms with van der Waals surface area (Å²) in [6.07, 6.45) is -1.78. The van der Waals surface area contributed by atoms with Gasteiger partial charge in [0.05, 0.1) is 5.41 Å². The summed E-state index contributed by atoms with van der Waals surface area (Å²) >= 11 is 0. The van der Waals surface area contributed by atoms with Crippen LogP contribution in [0.1, 0.15) is 390 Å². The van der Waals surface area contributed by atoms with Crippen molar-refractivity contribution in [3.05, 3.63) is 316 Å². The van der Waals surface area contributed by atoms with Gasteiger partial charge in [0.1, 0.15) is 0 Å². The molecule has 0 nitrogen and oxygen atoms in total. The Bertz CT molecular complexity index is 3990. The number of halogens is 3. The van der Waals surface area contributed by atoms with E-state index in [2.05, 4.69) is 400 Å². The van der Waals surface area contributed by atoms with Crippen molar-refractivity contribution in [3.63, 3.8) is 0 Å². The van der Waals surface area contributed by atoms with Crippen molar-refractivity contribution in [3.8, 4) is 0 Å². The minimum atomic E-state index is -4.15. The van der Waals surface area contributed by atoms with Gasteiger partial charge in [-0.25, -0.2) is 0 Å². The van der Waals surface area contributed by atoms with Crippen molar-refractivity contribution in [1.82, 2.24) is 0 Å². The Kier molecular flexibility index (Phi) is 64.1. The molecule has 9 rings (SSSR count). The van der Waals surface area contributed by atoms with Gasteiger partial charge in [-0.15, -0.1) is 0 Å². The zero-order chi connectivity index (χ0) is 84.1. The van der Waals surface area contributed by atoms with E-state index in [1.54, 1.807) is 12.1 Å². The van der Waals surface area contributed by atoms with Crippen LogP contribution in [0.5, 0.6) is 0 Å². The summed E-state index contributed by atoms with van der Waals surface area (Å²) in [5, 5.41) is 0. The Hall–Kier alpha value is -7.23. The van der Waals surface area contributed by atoms with Crippen molar-refractivity contribution in [2.45, 2.75) is 395 Å². The van der Waals surface area contributed by atoms with E-state index in [4.69, 9.17) is 0 Å². The molecule has 0 atom stereocenters. The first-order chi connectivity index (χ1) is 49.9. The molecule has 118 heavy (non-hydrogen) atoms. The van der Waals surface area contributed by atoms with E-state index in [-0.39, 0.29) is 89.5 Å². The van der Waals surface area contributed by atoms with Gasteiger partial charge in [0.2, 0.25) is 0 Å². The van der Waals surface area contributed by atoms with Gasteiger partial charge in [0, 0.05) is 0 Å². The van der Waals surface area contributed by atoms with Crippen molar-refractivity contribution in [1.29, 1.82) is 0 Å². The number of hydrogen-bond donors (Lipinski definition) is 0. The molecule has 0 spiro atoms. The van der Waals surface area contributed by atoms with Crippen LogP contribution in [0.4, 0.5) is 13.2 Å². The molecule has 9 aromatic rings. The third-order valence-corrected chi connectivity index (χ3v) is 20.0. The molecule has 9 aromatic carbocycles. The highest BCUT2D eigenvalue weighted by Crippen LogP contribution is 2.40. The SMILES string of the molecule is C.C.C.C.C.C.C.C.C.Cc1c(C(C)C)cccc1C(C)C.Cc1cc(C)c(C)c(C)c1.Cc1ccc(C(C)(C)C)cc1.Cc1ccc(C(C)(C)C)cc1C(C)(C)C.Cc1ccc(C(C)C)cc1C(C)C.Cc1ccc(C)c(C)c1.Cc1ccc(CC(C)(C)C(F)(F)F)cc1.Cc1ccc(CC(C)(C)C)cc1.Cc1ccc(CC(C)C)cc1. The first kappa shape index (κ1) is 129. The zero-order valence-corrected chi connectivity index (χ0v) is 76.5. The quantitative estimate of drug-likeness (QED) is 0.135. The summed E-state index contributed by atoms with van der Waals surface area (Å²) in [7, 11) is 0. The number of aryl methyl sites for hydroxylation is 12. The zero-order valence-electron chi connectivity index (χ0n) is 76.5. The Balaban J connectivity index is -0.000000161. The molecule has 0 bridgehead atoms. The van der Waals surface area contributed by atoms with Gasteiger partial charge in [0.25, 0.3) is 0 Å². The molecule has 0 saturated heterocycles. The van der Waals surface area contributed by atoms with E-state index in [0.717, 1.165) is 23.5 Å². The molecule has 0 amide bonds. The van der Waals surface area contributed by atoms with Crippen LogP contribution in [-0.4, -0.2) is 6.18 Å². The molecule has 0 aliphatic carbocycles. The van der Waals surface area contributed by atoms with Gasteiger partial charge in [-0.05, 0) is 268 Å². The van der Waals surface area contributed by atoms with Crippen LogP contribution < -0.4 is 0 Å². The number of alkyl halides is 3. The lowest BCUT2D eigenvalue weighted by atomic mass is 9.79. The fourth-order valence-corrected chi connectivity index (χ4v) is 12.5. The van der Waals surface area contributed by atoms with Crippen LogP contribution in [0.3, 0.4) is 0 Å². The second-order valence-corrected chi connectivity index (χ2v) is 37.9. The number of rotatable bonds is 9. The monoisotopic (exact) mass is 1630 g/mol. The Morgan fingerprint density at radius 3 is 0.915 bits per heavy atom. The maximum Gasteiger partial charge on any atom is 0.394 e. The molecule has 0 aliphatic heterocycles. The van der Waals surface area contributed by atoms with Gasteiger partial charge in [-0.1, -0.05) is 448 Å². The third-order valence-electron chi connectivity index (χ3n) is 20.0. The van der Waals surface area contributed by atoms with Crippen molar-refractivity contribution in [2.75, 3.05) is 0 Å². The Labute approximate surface area is 736 Å². The minimum absolute atomic E-state index is 0. The lowest BCUT2D eigenvalue weighted by molar-refractivity contribution is -0.211. The van der Waals surface area contributed by atoms with Gasteiger partial charge in [-0.2, -0.15) is 13.2 Å². The number of benzene rings is 9. The Morgan fingerprint density at radius 1 is 0.263 bits per heavy atom. The normalized spacial score (nSPS) is 10.6. The van der Waals surface area contributed by atoms with Crippen molar-refractivity contribution >= 4 is 0 Å². The fraction of sp³-hybridized carbons (Fsp3) is 0.530. The van der Waals surface area contributed by atoms with Crippen molar-refractivity contribution < 1.29 is 13.2 Å². The highest BCUT2D eigenvalue weighted by Gasteiger charge is 2.47. The highest BCUT2D eigenvalue weighted by molar-refractivity contribution is 5.41. The molecular formula is C115H191F3. The molecule has 0 saturated carbocycles. The van der Waals surface area contributed by atoms with Crippen LogP contribution in [0.2, 0.25) is 0 Å². The maximum atomic E-state index is 12.6. The topological polar surface area (TPSA) is 0 Å². The first-order valence-corrected chi connectivity index (χ1v) is 40.6. The second kappa shape index (κ2) is 58.7. The molecule has 0 unspecified atom stereocenters. The minimum Gasteiger partial charge on any atom is -0.171 e. The largest absolute Gasteiger partial charge is 0.394 e. The summed E-state index contributed by atoms with van der Waals surface area (Å²) in [4.78, 5) is 0. The molecule has 0 aromatic heterocycles. The molecule has 672 valence electrons. The predicted octanol–water partition coefficient (Wildman–Crippen LogP) is 38.5. The van der Waals surface area contributed by atoms with Crippen LogP contribution in [0, 0.1) is 114 Å². The van der Waals surface area contributed by atoms with Crippen LogP contribution in [0.15, 0.2) is 182 Å². The fourth-order valence-electron chi connectivity index (χ4n) is 12.5. The van der Waals surface area contributed by atoms with Crippen LogP contribution >= 0.6 is 0 Å². The maximum absolute atomic E-state index is 12.6. The molecule has 0 heterocycles. The predicted molar refractivity (Wildman–Crippen MR) is 543 cm³/mol. The highest BCUT2D eigenvalue weighted by atomic mass is 19.4. The summed E-state index contributed by atoms with van der Waals surface area (Å²) in [5.41, 5.74) is 32.4. The molecular weight excluding hydrogens is 1440 g/mol. The number of hydrogen-bond acceptors (Lipinski definition) is 0. The second-order valence-electron chi connectivity index (χ2n) is 37.9. The van der Waals surface area contributed by atoms with Gasteiger partial charge in [0.15, 0.2) is 0 Å². The van der Waals surface area contributed by atoms with Gasteiger partial charge >= 0.3 is 6.18 Å². The summed E-state index contributed by atoms with van der Waals surface area (Å²) in [6.45, 7) is 82.1. The molecule has 0 aliphatic rings. The molecule has 0 fully saturated rings. The summed E-state index contributed by atoms with van der Waals surface area (Å²) in [5.74, 6) is 3.31. The van der Waals surface area contributed by atoms with Crippen LogP contribution in [-0.2, 0) is 35.5 Å². The van der Waals surface area contributed by atoms with E-state index < -0.39 is 11.6 Å². The molecule has 0 N–H and O–H groups in total. The smallest absolute Gasteiger partial charge is 0.171 e. The average molecular weight is 1630 g/mol. The van der Waals surface area contributed by atoms with E-state index >= 15 is 0 Å². The third kappa shape index (κ3) is 50.1. The lowest BCUT2D eigenvalue weighted by Gasteiger charge is -2.27. The summed E-state index contributed by atoms with van der Waals surface area (Å²) < 4.78 is 37.8. The van der Waals surface area contributed by atoms with E-state index in [0.29, 0.717) is 29.1 Å². The van der Waals surface area contributed by atoms with E-state index in [1.165, 1.54) is 143 Å². The summed E-state index contributed by atoms with van der Waals surface area (Å²) in [6, 6.07) is 64.8. The first-order valence-electron chi connectivity index (χ1n) is 40.6. The Morgan fingerprint density at radius 2 is 0.593 bits per heavy atom. The van der Waals surface area contributed by atoms with E-state index in [1.807, 2.05) is 19.1 Å². The standard InChI is InChI=1S/C15H24.2C13H20.C12H15F3.C12H18.2C11H16.C10H14.C9H12.9CH4/c1-11-8-9-12(14(2,3)4)10-13(11)15(5,6)7;1-9(2)12-7-6-11(5)13(8-12)10(3)4;1-9(2)12-7-6-8-13(10(3)4)11(12)5;1-9-4-6-10(7-5-9)8-11(2,3)12(13,14)15;1-10-5-7-11(8-6-10)9-12(2,3)4;1-9-5-7-10(8-6-9)11(2,3)4;1-9(2)8-11-6-4-10(3)5-7-11;1-7-5-8(2)10(4)9(3)6-7;1-7-4-5-8(2)9(3)6-7;;;;;;;;;/h8-10H,1-7H3;2*6-10H,1-5H3;4-7H,8H2,1-3H3;5-8H,9H2,1-4H3;5-8H,1-4H3;4-7,9H,8H2,1-3H3;5-6H,1-4H3;4-6H,1-3H3;9*1H4. The van der Waals surface area contributed by atoms with Crippen LogP contribution in [0.25, 0.3) is 0 Å². The van der Waals surface area contributed by atoms with E-state index in [9.17, 15) is 13.2 Å². The van der Waals surface area contributed by atoms with Gasteiger partial charge in [-0.3, -0.25) is 0 Å². The molecule has 3 heteroatoms. The lowest BCUT2D eigenvalue weighted by Crippen LogP contribution is -2.34.